The van der Waals surface area contributed by atoms with Gasteiger partial charge in [-0.15, -0.1) is 0 Å². The van der Waals surface area contributed by atoms with E-state index in [0.717, 1.165) is 31.3 Å². The van der Waals surface area contributed by atoms with Crippen molar-refractivity contribution in [2.45, 2.75) is 13.8 Å². The molecule has 0 aliphatic rings. The summed E-state index contributed by atoms with van der Waals surface area (Å²) in [5, 5.41) is 0. The Labute approximate surface area is 64.0 Å². The zero-order chi connectivity index (χ0) is 5.86. The van der Waals surface area contributed by atoms with E-state index >= 15 is 0 Å². The van der Waals surface area contributed by atoms with Crippen LogP contribution < -0.4 is 2.45 Å². The van der Waals surface area contributed by atoms with E-state index in [1.807, 2.05) is 13.8 Å². The van der Waals surface area contributed by atoms with E-state index in [4.69, 9.17) is 0 Å². The zero-order valence-corrected chi connectivity index (χ0v) is 7.40. The molecular formula is C4H8NOY. The molecule has 0 aromatic rings. The predicted octanol–water partition coefficient (Wildman–Crippen LogP) is 0.220. The van der Waals surface area contributed by atoms with Gasteiger partial charge in [0.1, 0.15) is 0 Å². The molecule has 38 valence electrons. The summed E-state index contributed by atoms with van der Waals surface area (Å²) in [6, 6.07) is 0. The molecule has 0 atom stereocenters. The molecule has 0 fully saturated rings. The summed E-state index contributed by atoms with van der Waals surface area (Å²) in [6.45, 7) is 3.76. The number of carbonyl (C=O) groups excluding carboxylic acids is 1. The van der Waals surface area contributed by atoms with E-state index in [9.17, 15) is 4.79 Å². The average molecular weight is 175 g/mol. The molecule has 2 nitrogen and oxygen atoms in total. The van der Waals surface area contributed by atoms with Gasteiger partial charge in [-0.2, -0.15) is 0 Å². The molecule has 0 aromatic carbocycles. The normalized spacial score (nSPS) is 8.86. The third kappa shape index (κ3) is 3.18. The standard InChI is InChI=1S/C4H9NO.Y/c1-3(2)4(5)6;/h3H,1-2H3,(H2,5,6);/q;+1/p-1. The Morgan fingerprint density at radius 2 is 2.14 bits per heavy atom. The molecule has 1 N–H and O–H groups in total. The molecular weight excluding hydrogens is 167 g/mol. The number of carbonyl (C=O) groups is 1. The van der Waals surface area contributed by atoms with Gasteiger partial charge >= 0.3 is 64.2 Å². The van der Waals surface area contributed by atoms with Gasteiger partial charge in [0.05, 0.1) is 0 Å². The van der Waals surface area contributed by atoms with Crippen LogP contribution in [0.3, 0.4) is 0 Å². The van der Waals surface area contributed by atoms with Gasteiger partial charge < -0.3 is 0 Å². The van der Waals surface area contributed by atoms with Crippen molar-refractivity contribution in [2.75, 3.05) is 0 Å². The molecule has 0 radical (unpaired) electrons. The summed E-state index contributed by atoms with van der Waals surface area (Å²) in [6.07, 6.45) is 0. The van der Waals surface area contributed by atoms with Crippen LogP contribution in [0.1, 0.15) is 13.8 Å². The third-order valence-electron chi connectivity index (χ3n) is 0.667. The van der Waals surface area contributed by atoms with Crippen molar-refractivity contribution in [2.24, 2.45) is 5.92 Å². The van der Waals surface area contributed by atoms with Gasteiger partial charge in [-0.25, -0.2) is 0 Å². The van der Waals surface area contributed by atoms with Crippen LogP contribution in [0.4, 0.5) is 0 Å². The monoisotopic (exact) mass is 175 g/mol. The Morgan fingerprint density at radius 3 is 2.14 bits per heavy atom. The van der Waals surface area contributed by atoms with Crippen LogP contribution in [-0.2, 0) is 36.1 Å². The summed E-state index contributed by atoms with van der Waals surface area (Å²) >= 11 is 0.827. The third-order valence-corrected chi connectivity index (χ3v) is 1.37. The van der Waals surface area contributed by atoms with Gasteiger partial charge in [-0.05, 0) is 0 Å². The Balaban J connectivity index is 3.35. The molecule has 0 aliphatic heterocycles. The second kappa shape index (κ2) is 3.56. The minimum absolute atomic E-state index is 0.148. The molecule has 0 unspecified atom stereocenters. The Hall–Kier alpha value is 0.574. The van der Waals surface area contributed by atoms with Crippen LogP contribution in [-0.4, -0.2) is 5.91 Å². The number of hydrogen-bond acceptors (Lipinski definition) is 1. The first-order chi connectivity index (χ1) is 3.18. The molecule has 0 saturated heterocycles. The van der Waals surface area contributed by atoms with Crippen molar-refractivity contribution < 1.29 is 36.1 Å². The topological polar surface area (TPSA) is 29.1 Å². The average Bonchev–Trinajstić information content (AvgIpc) is 1.65. The molecule has 0 aliphatic carbocycles. The second-order valence-corrected chi connectivity index (χ2v) is 2.37. The zero-order valence-electron chi connectivity index (χ0n) is 4.56. The number of nitrogens with one attached hydrogen (secondary N) is 1. The quantitative estimate of drug-likeness (QED) is 0.606. The van der Waals surface area contributed by atoms with Crippen LogP contribution >= 0.6 is 0 Å². The van der Waals surface area contributed by atoms with Crippen molar-refractivity contribution in [3.8, 4) is 0 Å². The first kappa shape index (κ1) is 7.57. The fraction of sp³-hybridized carbons (Fsp3) is 0.750. The Bertz CT molecular complexity index is 72.1. The summed E-state index contributed by atoms with van der Waals surface area (Å²) in [7, 11) is 0. The number of amides is 1. The van der Waals surface area contributed by atoms with Crippen LogP contribution in [0.5, 0.6) is 0 Å². The maximum atomic E-state index is 10.4. The van der Waals surface area contributed by atoms with Crippen molar-refractivity contribution >= 4 is 5.91 Å². The summed E-state index contributed by atoms with van der Waals surface area (Å²) in [5.41, 5.74) is 0. The van der Waals surface area contributed by atoms with E-state index in [-0.39, 0.29) is 11.8 Å². The second-order valence-electron chi connectivity index (χ2n) is 1.66. The van der Waals surface area contributed by atoms with E-state index < -0.39 is 0 Å². The summed E-state index contributed by atoms with van der Waals surface area (Å²) in [5.74, 6) is 0.303. The summed E-state index contributed by atoms with van der Waals surface area (Å²) in [4.78, 5) is 10.4. The SMILES string of the molecule is CC(C)C(=O)[NH][Y]. The Morgan fingerprint density at radius 1 is 1.71 bits per heavy atom. The van der Waals surface area contributed by atoms with E-state index in [0.29, 0.717) is 0 Å². The van der Waals surface area contributed by atoms with Gasteiger partial charge in [0, 0.05) is 0 Å². The number of hydrogen-bond donors (Lipinski definition) is 1. The minimum atomic E-state index is 0.148. The molecule has 0 heterocycles. The predicted molar refractivity (Wildman–Crippen MR) is 23.0 cm³/mol. The van der Waals surface area contributed by atoms with Gasteiger partial charge in [-0.1, -0.05) is 0 Å². The van der Waals surface area contributed by atoms with Gasteiger partial charge in [-0.3, -0.25) is 0 Å². The molecule has 3 heteroatoms. The Kier molecular flexibility index (Phi) is 3.85. The fourth-order valence-electron chi connectivity index (χ4n) is 0.167. The molecule has 0 bridgehead atoms. The molecule has 7 heavy (non-hydrogen) atoms. The van der Waals surface area contributed by atoms with Crippen LogP contribution in [0.25, 0.3) is 0 Å². The van der Waals surface area contributed by atoms with Crippen molar-refractivity contribution in [3.05, 3.63) is 0 Å². The van der Waals surface area contributed by atoms with E-state index in [1.165, 1.54) is 0 Å². The van der Waals surface area contributed by atoms with Crippen molar-refractivity contribution in [1.82, 2.24) is 2.45 Å². The first-order valence-corrected chi connectivity index (χ1v) is 3.61. The molecule has 0 spiro atoms. The summed E-state index contributed by atoms with van der Waals surface area (Å²) < 4.78 is 2.66. The van der Waals surface area contributed by atoms with Crippen LogP contribution in [0.15, 0.2) is 0 Å². The molecule has 0 rings (SSSR count). The van der Waals surface area contributed by atoms with Crippen molar-refractivity contribution in [1.29, 1.82) is 0 Å². The van der Waals surface area contributed by atoms with Gasteiger partial charge in [0.25, 0.3) is 0 Å². The van der Waals surface area contributed by atoms with Crippen molar-refractivity contribution in [3.63, 3.8) is 0 Å². The maximum absolute atomic E-state index is 10.4. The van der Waals surface area contributed by atoms with E-state index in [1.54, 1.807) is 0 Å². The number of rotatable bonds is 1. The molecule has 0 saturated carbocycles. The van der Waals surface area contributed by atoms with E-state index in [2.05, 4.69) is 2.45 Å². The first-order valence-electron chi connectivity index (χ1n) is 2.19. The van der Waals surface area contributed by atoms with Gasteiger partial charge in [0.15, 0.2) is 0 Å². The fourth-order valence-corrected chi connectivity index (χ4v) is 0.986. The van der Waals surface area contributed by atoms with Crippen LogP contribution in [0, 0.1) is 5.92 Å². The molecule has 0 aromatic heterocycles. The van der Waals surface area contributed by atoms with Crippen LogP contribution in [0.2, 0.25) is 0 Å². The van der Waals surface area contributed by atoms with Gasteiger partial charge in [0.2, 0.25) is 0 Å². The molecule has 1 amide bonds.